The summed E-state index contributed by atoms with van der Waals surface area (Å²) in [5, 5.41) is 10.6. The van der Waals surface area contributed by atoms with Crippen LogP contribution in [0, 0.1) is 10.1 Å². The third-order valence-electron chi connectivity index (χ3n) is 4.42. The first kappa shape index (κ1) is 20.1. The predicted octanol–water partition coefficient (Wildman–Crippen LogP) is 3.91. The summed E-state index contributed by atoms with van der Waals surface area (Å²) in [5.74, 6) is 0.155. The molecule has 2 aromatic rings. The van der Waals surface area contributed by atoms with Crippen LogP contribution >= 0.6 is 0 Å². The average Bonchev–Trinajstić information content (AvgIpc) is 2.73. The molecule has 9 nitrogen and oxygen atoms in total. The molecule has 0 radical (unpaired) electrons. The minimum atomic E-state index is -0.885. The van der Waals surface area contributed by atoms with Crippen molar-refractivity contribution in [3.8, 4) is 5.75 Å². The van der Waals surface area contributed by atoms with Gasteiger partial charge in [0.2, 0.25) is 0 Å². The smallest absolute Gasteiger partial charge is 0.445 e. The highest BCUT2D eigenvalue weighted by Gasteiger charge is 2.26. The molecule has 9 heteroatoms. The Balaban J connectivity index is 1.39. The van der Waals surface area contributed by atoms with Crippen molar-refractivity contribution in [2.75, 3.05) is 13.1 Å². The average molecular weight is 400 g/mol. The summed E-state index contributed by atoms with van der Waals surface area (Å²) in [6.45, 7) is 1.02. The molecule has 1 amide bonds. The van der Waals surface area contributed by atoms with Gasteiger partial charge in [-0.2, -0.15) is 0 Å². The highest BCUT2D eigenvalue weighted by molar-refractivity contribution is 5.68. The van der Waals surface area contributed by atoms with Gasteiger partial charge < -0.3 is 19.1 Å². The van der Waals surface area contributed by atoms with Crippen molar-refractivity contribution in [3.05, 3.63) is 70.3 Å². The SMILES string of the molecule is O=C(Oc1ccc([N+](=O)[O-])cc1)OC1CCN(C(=O)OCc2ccccc2)CC1. The molecule has 0 saturated carbocycles. The molecule has 0 atom stereocenters. The second-order valence-corrected chi connectivity index (χ2v) is 6.45. The van der Waals surface area contributed by atoms with E-state index in [1.54, 1.807) is 4.90 Å². The Morgan fingerprint density at radius 1 is 1.03 bits per heavy atom. The molecular weight excluding hydrogens is 380 g/mol. The number of rotatable bonds is 5. The third kappa shape index (κ3) is 5.93. The Kier molecular flexibility index (Phi) is 6.62. The van der Waals surface area contributed by atoms with Crippen molar-refractivity contribution in [2.45, 2.75) is 25.6 Å². The molecule has 1 fully saturated rings. The van der Waals surface area contributed by atoms with Crippen LogP contribution in [0.5, 0.6) is 5.75 Å². The molecule has 0 unspecified atom stereocenters. The van der Waals surface area contributed by atoms with Gasteiger partial charge in [0, 0.05) is 38.1 Å². The molecule has 3 rings (SSSR count). The Bertz CT molecular complexity index is 847. The van der Waals surface area contributed by atoms with Gasteiger partial charge >= 0.3 is 12.2 Å². The number of amides is 1. The number of carbonyl (C=O) groups excluding carboxylic acids is 2. The monoisotopic (exact) mass is 400 g/mol. The molecule has 0 spiro atoms. The van der Waals surface area contributed by atoms with Crippen LogP contribution in [0.15, 0.2) is 54.6 Å². The zero-order valence-corrected chi connectivity index (χ0v) is 15.6. The van der Waals surface area contributed by atoms with Crippen LogP contribution in [0.25, 0.3) is 0 Å². The van der Waals surface area contributed by atoms with Gasteiger partial charge in [-0.05, 0) is 17.7 Å². The van der Waals surface area contributed by atoms with E-state index in [2.05, 4.69) is 0 Å². The molecule has 0 N–H and O–H groups in total. The number of piperidine rings is 1. The molecule has 29 heavy (non-hydrogen) atoms. The number of carbonyl (C=O) groups is 2. The number of nitrogens with zero attached hydrogens (tertiary/aromatic N) is 2. The van der Waals surface area contributed by atoms with Crippen molar-refractivity contribution in [2.24, 2.45) is 0 Å². The molecule has 1 saturated heterocycles. The van der Waals surface area contributed by atoms with Gasteiger partial charge in [-0.1, -0.05) is 30.3 Å². The maximum Gasteiger partial charge on any atom is 0.514 e. The molecule has 1 aliphatic heterocycles. The van der Waals surface area contributed by atoms with Gasteiger partial charge in [-0.3, -0.25) is 10.1 Å². The topological polar surface area (TPSA) is 108 Å². The predicted molar refractivity (Wildman–Crippen MR) is 101 cm³/mol. The Hall–Kier alpha value is -3.62. The number of hydrogen-bond donors (Lipinski definition) is 0. The van der Waals surface area contributed by atoms with Crippen LogP contribution in [0.3, 0.4) is 0 Å². The van der Waals surface area contributed by atoms with E-state index in [0.29, 0.717) is 25.9 Å². The lowest BCUT2D eigenvalue weighted by Gasteiger charge is -2.30. The van der Waals surface area contributed by atoms with Crippen LogP contribution in [-0.4, -0.2) is 41.3 Å². The van der Waals surface area contributed by atoms with Gasteiger partial charge in [0.05, 0.1) is 4.92 Å². The first-order valence-corrected chi connectivity index (χ1v) is 9.10. The number of hydrogen-bond acceptors (Lipinski definition) is 7. The lowest BCUT2D eigenvalue weighted by Crippen LogP contribution is -2.41. The normalized spacial score (nSPS) is 14.1. The van der Waals surface area contributed by atoms with E-state index in [-0.39, 0.29) is 24.1 Å². The Labute approximate surface area is 166 Å². The fourth-order valence-electron chi connectivity index (χ4n) is 2.86. The maximum atomic E-state index is 12.1. The zero-order valence-electron chi connectivity index (χ0n) is 15.6. The first-order valence-electron chi connectivity index (χ1n) is 9.10. The van der Waals surface area contributed by atoms with Gasteiger partial charge in [0.25, 0.3) is 5.69 Å². The molecule has 1 heterocycles. The number of nitro benzene ring substituents is 1. The summed E-state index contributed by atoms with van der Waals surface area (Å²) < 4.78 is 15.6. The van der Waals surface area contributed by atoms with E-state index in [1.807, 2.05) is 30.3 Å². The maximum absolute atomic E-state index is 12.1. The number of non-ortho nitro benzene ring substituents is 1. The fourth-order valence-corrected chi connectivity index (χ4v) is 2.86. The van der Waals surface area contributed by atoms with E-state index in [0.717, 1.165) is 5.56 Å². The van der Waals surface area contributed by atoms with Crippen molar-refractivity contribution >= 4 is 17.9 Å². The third-order valence-corrected chi connectivity index (χ3v) is 4.42. The van der Waals surface area contributed by atoms with Crippen molar-refractivity contribution in [1.82, 2.24) is 4.90 Å². The minimum absolute atomic E-state index is 0.0998. The highest BCUT2D eigenvalue weighted by atomic mass is 16.7. The molecule has 0 bridgehead atoms. The van der Waals surface area contributed by atoms with Crippen LogP contribution in [0.1, 0.15) is 18.4 Å². The Morgan fingerprint density at radius 3 is 2.31 bits per heavy atom. The minimum Gasteiger partial charge on any atom is -0.445 e. The van der Waals surface area contributed by atoms with Crippen molar-refractivity contribution in [1.29, 1.82) is 0 Å². The van der Waals surface area contributed by atoms with Crippen molar-refractivity contribution < 1.29 is 28.7 Å². The van der Waals surface area contributed by atoms with E-state index in [4.69, 9.17) is 14.2 Å². The van der Waals surface area contributed by atoms with Crippen LogP contribution < -0.4 is 4.74 Å². The molecular formula is C20H20N2O7. The van der Waals surface area contributed by atoms with Gasteiger partial charge in [0.15, 0.2) is 0 Å². The molecule has 152 valence electrons. The van der Waals surface area contributed by atoms with Crippen LogP contribution in [0.4, 0.5) is 15.3 Å². The van der Waals surface area contributed by atoms with Crippen LogP contribution in [-0.2, 0) is 16.1 Å². The van der Waals surface area contributed by atoms with E-state index in [9.17, 15) is 19.7 Å². The number of nitro groups is 1. The second kappa shape index (κ2) is 9.54. The lowest BCUT2D eigenvalue weighted by molar-refractivity contribution is -0.384. The fraction of sp³-hybridized carbons (Fsp3) is 0.300. The zero-order chi connectivity index (χ0) is 20.6. The van der Waals surface area contributed by atoms with Crippen molar-refractivity contribution in [3.63, 3.8) is 0 Å². The number of likely N-dealkylation sites (tertiary alicyclic amines) is 1. The van der Waals surface area contributed by atoms with Gasteiger partial charge in [-0.25, -0.2) is 9.59 Å². The summed E-state index contributed by atoms with van der Waals surface area (Å²) >= 11 is 0. The summed E-state index contributed by atoms with van der Waals surface area (Å²) in [4.78, 5) is 35.7. The standard InChI is InChI=1S/C20H20N2O7/c23-19(27-14-15-4-2-1-3-5-15)21-12-10-18(11-13-21)29-20(24)28-17-8-6-16(7-9-17)22(25)26/h1-9,18H,10-14H2. The van der Waals surface area contributed by atoms with Gasteiger partial charge in [-0.15, -0.1) is 0 Å². The van der Waals surface area contributed by atoms with E-state index < -0.39 is 17.2 Å². The highest BCUT2D eigenvalue weighted by Crippen LogP contribution is 2.20. The van der Waals surface area contributed by atoms with Crippen LogP contribution in [0.2, 0.25) is 0 Å². The second-order valence-electron chi connectivity index (χ2n) is 6.45. The van der Waals surface area contributed by atoms with E-state index in [1.165, 1.54) is 24.3 Å². The summed E-state index contributed by atoms with van der Waals surface area (Å²) in [7, 11) is 0. The van der Waals surface area contributed by atoms with Gasteiger partial charge in [0.1, 0.15) is 18.5 Å². The lowest BCUT2D eigenvalue weighted by atomic mass is 10.1. The molecule has 0 aromatic heterocycles. The van der Waals surface area contributed by atoms with E-state index >= 15 is 0 Å². The summed E-state index contributed by atoms with van der Waals surface area (Å²) in [6, 6.07) is 14.5. The summed E-state index contributed by atoms with van der Waals surface area (Å²) in [5.41, 5.74) is 0.810. The molecule has 2 aromatic carbocycles. The quantitative estimate of drug-likeness (QED) is 0.324. The largest absolute Gasteiger partial charge is 0.514 e. The number of ether oxygens (including phenoxy) is 3. The first-order chi connectivity index (χ1) is 14.0. The summed E-state index contributed by atoms with van der Waals surface area (Å²) in [6.07, 6.45) is -0.727. The Morgan fingerprint density at radius 2 is 1.69 bits per heavy atom. The number of benzene rings is 2. The molecule has 1 aliphatic rings. The molecule has 0 aliphatic carbocycles.